The van der Waals surface area contributed by atoms with Crippen LogP contribution in [-0.2, 0) is 4.79 Å². The van der Waals surface area contributed by atoms with E-state index in [4.69, 9.17) is 44.0 Å². The fourth-order valence-electron chi connectivity index (χ4n) is 2.94. The summed E-state index contributed by atoms with van der Waals surface area (Å²) in [5.41, 5.74) is 3.51. The summed E-state index contributed by atoms with van der Waals surface area (Å²) in [4.78, 5) is 16.9. The lowest BCUT2D eigenvalue weighted by Crippen LogP contribution is -2.20. The Kier molecular flexibility index (Phi) is 5.86. The van der Waals surface area contributed by atoms with E-state index in [2.05, 4.69) is 10.3 Å². The van der Waals surface area contributed by atoms with Crippen molar-refractivity contribution in [3.05, 3.63) is 75.2 Å². The van der Waals surface area contributed by atoms with E-state index < -0.39 is 0 Å². The molecule has 8 heteroatoms. The van der Waals surface area contributed by atoms with Crippen molar-refractivity contribution in [3.8, 4) is 17.2 Å². The van der Waals surface area contributed by atoms with Crippen molar-refractivity contribution in [2.45, 2.75) is 6.92 Å². The largest absolute Gasteiger partial charge is 0.482 e. The molecule has 0 unspecified atom stereocenters. The molecule has 0 spiro atoms. The Balaban J connectivity index is 1.51. The van der Waals surface area contributed by atoms with Crippen molar-refractivity contribution in [2.75, 3.05) is 11.9 Å². The van der Waals surface area contributed by atoms with Gasteiger partial charge in [-0.25, -0.2) is 4.98 Å². The molecule has 30 heavy (non-hydrogen) atoms. The smallest absolute Gasteiger partial charge is 0.262 e. The molecule has 0 atom stereocenters. The predicted octanol–water partition coefficient (Wildman–Crippen LogP) is 6.78. The second-order valence-corrected chi connectivity index (χ2v) is 7.80. The molecule has 3 aromatic carbocycles. The average molecular weight is 462 g/mol. The number of anilines is 1. The third-order valence-electron chi connectivity index (χ3n) is 4.44. The molecule has 5 nitrogen and oxygen atoms in total. The van der Waals surface area contributed by atoms with Gasteiger partial charge in [-0.2, -0.15) is 0 Å². The van der Waals surface area contributed by atoms with Crippen LogP contribution in [-0.4, -0.2) is 17.5 Å². The summed E-state index contributed by atoms with van der Waals surface area (Å²) in [6.45, 7) is 1.68. The van der Waals surface area contributed by atoms with Gasteiger partial charge < -0.3 is 14.5 Å². The molecule has 0 bridgehead atoms. The number of hydrogen-bond donors (Lipinski definition) is 1. The summed E-state index contributed by atoms with van der Waals surface area (Å²) in [5.74, 6) is 0.502. The fourth-order valence-corrected chi connectivity index (χ4v) is 3.57. The lowest BCUT2D eigenvalue weighted by atomic mass is 10.1. The standard InChI is InChI=1S/C22H15Cl3N2O3/c1-12-15(22-27-18-10-14(24)6-8-20(18)30-22)3-2-4-17(12)26-21(28)11-29-19-7-5-13(23)9-16(19)25/h2-10H,11H2,1H3,(H,26,28). The first-order chi connectivity index (χ1) is 14.4. The summed E-state index contributed by atoms with van der Waals surface area (Å²) in [6, 6.07) is 15.6. The maximum absolute atomic E-state index is 12.4. The lowest BCUT2D eigenvalue weighted by molar-refractivity contribution is -0.118. The lowest BCUT2D eigenvalue weighted by Gasteiger charge is -2.12. The van der Waals surface area contributed by atoms with E-state index in [1.165, 1.54) is 0 Å². The van der Waals surface area contributed by atoms with Gasteiger partial charge in [0.2, 0.25) is 5.89 Å². The highest BCUT2D eigenvalue weighted by molar-refractivity contribution is 6.35. The Morgan fingerprint density at radius 3 is 2.63 bits per heavy atom. The quantitative estimate of drug-likeness (QED) is 0.356. The van der Waals surface area contributed by atoms with Gasteiger partial charge in [-0.05, 0) is 61.0 Å². The van der Waals surface area contributed by atoms with Crippen molar-refractivity contribution in [2.24, 2.45) is 0 Å². The molecule has 0 aliphatic rings. The molecule has 0 fully saturated rings. The van der Waals surface area contributed by atoms with E-state index in [9.17, 15) is 4.79 Å². The zero-order valence-electron chi connectivity index (χ0n) is 15.7. The Morgan fingerprint density at radius 2 is 1.83 bits per heavy atom. The molecular formula is C22H15Cl3N2O3. The molecule has 152 valence electrons. The van der Waals surface area contributed by atoms with E-state index in [1.54, 1.807) is 42.5 Å². The van der Waals surface area contributed by atoms with Gasteiger partial charge in [0.25, 0.3) is 5.91 Å². The topological polar surface area (TPSA) is 64.4 Å². The highest BCUT2D eigenvalue weighted by Crippen LogP contribution is 2.31. The third-order valence-corrected chi connectivity index (χ3v) is 5.21. The van der Waals surface area contributed by atoms with Crippen LogP contribution in [0, 0.1) is 6.92 Å². The van der Waals surface area contributed by atoms with Crippen LogP contribution >= 0.6 is 34.8 Å². The Hall–Kier alpha value is -2.73. The molecule has 0 saturated heterocycles. The number of hydrogen-bond acceptors (Lipinski definition) is 4. The van der Waals surface area contributed by atoms with Crippen molar-refractivity contribution < 1.29 is 13.9 Å². The number of carbonyl (C=O) groups is 1. The molecule has 1 aromatic heterocycles. The molecule has 0 aliphatic carbocycles. The van der Waals surface area contributed by atoms with Gasteiger partial charge in [0.15, 0.2) is 12.2 Å². The zero-order valence-corrected chi connectivity index (χ0v) is 18.0. The number of rotatable bonds is 5. The summed E-state index contributed by atoms with van der Waals surface area (Å²) in [5, 5.41) is 4.25. The van der Waals surface area contributed by atoms with E-state index in [0.29, 0.717) is 43.5 Å². The minimum absolute atomic E-state index is 0.202. The van der Waals surface area contributed by atoms with Gasteiger partial charge >= 0.3 is 0 Å². The Bertz CT molecular complexity index is 1250. The summed E-state index contributed by atoms with van der Waals surface area (Å²) in [6.07, 6.45) is 0. The highest BCUT2D eigenvalue weighted by atomic mass is 35.5. The third kappa shape index (κ3) is 4.38. The maximum Gasteiger partial charge on any atom is 0.262 e. The number of nitrogens with zero attached hydrogens (tertiary/aromatic N) is 1. The highest BCUT2D eigenvalue weighted by Gasteiger charge is 2.15. The van der Waals surface area contributed by atoms with Crippen LogP contribution in [0.25, 0.3) is 22.6 Å². The van der Waals surface area contributed by atoms with Gasteiger partial charge in [-0.15, -0.1) is 0 Å². The SMILES string of the molecule is Cc1c(NC(=O)COc2ccc(Cl)cc2Cl)cccc1-c1nc2cc(Cl)ccc2o1. The monoisotopic (exact) mass is 460 g/mol. The fraction of sp³-hybridized carbons (Fsp3) is 0.0909. The molecule has 0 radical (unpaired) electrons. The van der Waals surface area contributed by atoms with E-state index >= 15 is 0 Å². The summed E-state index contributed by atoms with van der Waals surface area (Å²) < 4.78 is 11.3. The van der Waals surface area contributed by atoms with Gasteiger partial charge in [-0.1, -0.05) is 40.9 Å². The van der Waals surface area contributed by atoms with Gasteiger partial charge in [0, 0.05) is 21.3 Å². The van der Waals surface area contributed by atoms with Crippen LogP contribution in [0.4, 0.5) is 5.69 Å². The van der Waals surface area contributed by atoms with E-state index in [-0.39, 0.29) is 12.5 Å². The molecule has 1 N–H and O–H groups in total. The van der Waals surface area contributed by atoms with Crippen LogP contribution in [0.2, 0.25) is 15.1 Å². The number of aromatic nitrogens is 1. The number of halogens is 3. The first-order valence-corrected chi connectivity index (χ1v) is 10.1. The van der Waals surface area contributed by atoms with Crippen molar-refractivity contribution >= 4 is 57.5 Å². The molecule has 0 saturated carbocycles. The van der Waals surface area contributed by atoms with Crippen LogP contribution in [0.5, 0.6) is 5.75 Å². The first-order valence-electron chi connectivity index (χ1n) is 8.94. The summed E-state index contributed by atoms with van der Waals surface area (Å²) in [7, 11) is 0. The minimum Gasteiger partial charge on any atom is -0.482 e. The number of oxazole rings is 1. The van der Waals surface area contributed by atoms with Gasteiger partial charge in [-0.3, -0.25) is 4.79 Å². The van der Waals surface area contributed by atoms with Crippen LogP contribution < -0.4 is 10.1 Å². The maximum atomic E-state index is 12.4. The number of carbonyl (C=O) groups excluding carboxylic acids is 1. The number of fused-ring (bicyclic) bond motifs is 1. The number of ether oxygens (including phenoxy) is 1. The first kappa shape index (κ1) is 20.5. The van der Waals surface area contributed by atoms with Crippen LogP contribution in [0.1, 0.15) is 5.56 Å². The Labute approximate surface area is 187 Å². The van der Waals surface area contributed by atoms with Crippen molar-refractivity contribution in [1.29, 1.82) is 0 Å². The molecule has 4 aromatic rings. The molecule has 1 amide bonds. The van der Waals surface area contributed by atoms with Gasteiger partial charge in [0.05, 0.1) is 5.02 Å². The van der Waals surface area contributed by atoms with Gasteiger partial charge in [0.1, 0.15) is 11.3 Å². The van der Waals surface area contributed by atoms with Crippen molar-refractivity contribution in [1.82, 2.24) is 4.98 Å². The number of benzene rings is 3. The summed E-state index contributed by atoms with van der Waals surface area (Å²) >= 11 is 18.0. The van der Waals surface area contributed by atoms with Crippen LogP contribution in [0.3, 0.4) is 0 Å². The Morgan fingerprint density at radius 1 is 1.07 bits per heavy atom. The second kappa shape index (κ2) is 8.56. The molecule has 0 aliphatic heterocycles. The zero-order chi connectivity index (χ0) is 21.3. The van der Waals surface area contributed by atoms with Crippen molar-refractivity contribution in [3.63, 3.8) is 0 Å². The second-order valence-electron chi connectivity index (χ2n) is 6.52. The molecule has 4 rings (SSSR count). The van der Waals surface area contributed by atoms with E-state index in [1.807, 2.05) is 19.1 Å². The van der Waals surface area contributed by atoms with Crippen LogP contribution in [0.15, 0.2) is 59.0 Å². The minimum atomic E-state index is -0.328. The van der Waals surface area contributed by atoms with E-state index in [0.717, 1.165) is 11.1 Å². The molecule has 1 heterocycles. The number of amides is 1. The predicted molar refractivity (Wildman–Crippen MR) is 120 cm³/mol. The average Bonchev–Trinajstić information content (AvgIpc) is 3.11. The normalized spacial score (nSPS) is 10.9. The molecular weight excluding hydrogens is 447 g/mol. The number of nitrogens with one attached hydrogen (secondary N) is 1.